The molecule has 0 aromatic heterocycles. The van der Waals surface area contributed by atoms with Gasteiger partial charge in [-0.2, -0.15) is 0 Å². The van der Waals surface area contributed by atoms with E-state index in [9.17, 15) is 4.39 Å². The molecule has 0 bridgehead atoms. The molecular weight excluding hydrogens is 261 g/mol. The Kier molecular flexibility index (Phi) is 3.35. The van der Waals surface area contributed by atoms with Crippen molar-refractivity contribution in [1.82, 2.24) is 0 Å². The van der Waals surface area contributed by atoms with Gasteiger partial charge in [-0.3, -0.25) is 0 Å². The van der Waals surface area contributed by atoms with E-state index < -0.39 is 12.9 Å². The topological polar surface area (TPSA) is 40.5 Å². The summed E-state index contributed by atoms with van der Waals surface area (Å²) in [5, 5.41) is 17.7. The highest BCUT2D eigenvalue weighted by molar-refractivity contribution is 9.10. The lowest BCUT2D eigenvalue weighted by Gasteiger charge is -2.08. The van der Waals surface area contributed by atoms with Crippen LogP contribution in [0.3, 0.4) is 0 Å². The maximum atomic E-state index is 13.3. The molecule has 2 nitrogen and oxygen atoms in total. The number of rotatable bonds is 1. The predicted octanol–water partition coefficient (Wildman–Crippen LogP) is 1.23. The van der Waals surface area contributed by atoms with E-state index in [4.69, 9.17) is 21.6 Å². The van der Waals surface area contributed by atoms with Crippen molar-refractivity contribution in [3.8, 4) is 0 Å². The highest BCUT2D eigenvalue weighted by atomic mass is 79.9. The Morgan fingerprint density at radius 3 is 2.54 bits per heavy atom. The normalized spacial score (nSPS) is 10.3. The molecule has 70 valence electrons. The van der Waals surface area contributed by atoms with Crippen molar-refractivity contribution in [3.05, 3.63) is 26.9 Å². The first kappa shape index (κ1) is 11.0. The molecular formula is C7H6BBrClFO2. The standard InChI is InChI=1S/C7H6BBrClFO2/c1-3-2-4(9)6(10)5(7(3)11)8(12)13/h2,12-13H,1H3. The Morgan fingerprint density at radius 2 is 2.08 bits per heavy atom. The summed E-state index contributed by atoms with van der Waals surface area (Å²) in [7, 11) is -1.90. The third-order valence-corrected chi connectivity index (χ3v) is 2.89. The zero-order chi connectivity index (χ0) is 10.2. The summed E-state index contributed by atoms with van der Waals surface area (Å²) in [6, 6.07) is 1.48. The zero-order valence-electron chi connectivity index (χ0n) is 6.68. The van der Waals surface area contributed by atoms with Crippen molar-refractivity contribution < 1.29 is 14.4 Å². The SMILES string of the molecule is Cc1cc(Br)c(Cl)c(B(O)O)c1F. The predicted molar refractivity (Wildman–Crippen MR) is 53.7 cm³/mol. The first-order chi connectivity index (χ1) is 5.95. The molecule has 0 saturated heterocycles. The third-order valence-electron chi connectivity index (χ3n) is 1.63. The molecule has 0 amide bonds. The highest BCUT2D eigenvalue weighted by Gasteiger charge is 2.23. The number of benzene rings is 1. The summed E-state index contributed by atoms with van der Waals surface area (Å²) in [5.41, 5.74) is 0.00733. The second-order valence-electron chi connectivity index (χ2n) is 2.59. The van der Waals surface area contributed by atoms with Crippen LogP contribution in [0.2, 0.25) is 5.02 Å². The van der Waals surface area contributed by atoms with Gasteiger partial charge >= 0.3 is 7.12 Å². The van der Waals surface area contributed by atoms with Crippen LogP contribution in [-0.2, 0) is 0 Å². The van der Waals surface area contributed by atoms with Gasteiger partial charge < -0.3 is 10.0 Å². The van der Waals surface area contributed by atoms with Gasteiger partial charge in [0.2, 0.25) is 0 Å². The molecule has 0 aliphatic carbocycles. The fraction of sp³-hybridized carbons (Fsp3) is 0.143. The monoisotopic (exact) mass is 266 g/mol. The van der Waals surface area contributed by atoms with Gasteiger partial charge in [-0.05, 0) is 34.5 Å². The molecule has 1 rings (SSSR count). The fourth-order valence-electron chi connectivity index (χ4n) is 0.981. The van der Waals surface area contributed by atoms with Gasteiger partial charge in [-0.1, -0.05) is 11.6 Å². The molecule has 13 heavy (non-hydrogen) atoms. The highest BCUT2D eigenvalue weighted by Crippen LogP contribution is 2.23. The number of aryl methyl sites for hydroxylation is 1. The van der Waals surface area contributed by atoms with Gasteiger partial charge in [-0.25, -0.2) is 4.39 Å². The van der Waals surface area contributed by atoms with Gasteiger partial charge in [0.1, 0.15) is 5.82 Å². The lowest BCUT2D eigenvalue weighted by molar-refractivity contribution is 0.423. The summed E-state index contributed by atoms with van der Waals surface area (Å²) in [4.78, 5) is 0. The largest absolute Gasteiger partial charge is 0.493 e. The van der Waals surface area contributed by atoms with Crippen LogP contribution in [0.5, 0.6) is 0 Å². The van der Waals surface area contributed by atoms with E-state index in [2.05, 4.69) is 15.9 Å². The number of hydrogen-bond acceptors (Lipinski definition) is 2. The van der Waals surface area contributed by atoms with E-state index in [0.717, 1.165) is 0 Å². The molecule has 0 unspecified atom stereocenters. The van der Waals surface area contributed by atoms with E-state index in [1.54, 1.807) is 0 Å². The minimum absolute atomic E-state index is 0.0156. The maximum absolute atomic E-state index is 13.3. The van der Waals surface area contributed by atoms with E-state index in [1.807, 2.05) is 0 Å². The smallest absolute Gasteiger partial charge is 0.423 e. The number of halogens is 3. The van der Waals surface area contributed by atoms with Crippen molar-refractivity contribution in [2.75, 3.05) is 0 Å². The Morgan fingerprint density at radius 1 is 1.54 bits per heavy atom. The Bertz CT molecular complexity index is 320. The van der Waals surface area contributed by atoms with Crippen LogP contribution < -0.4 is 5.46 Å². The second kappa shape index (κ2) is 3.96. The summed E-state index contributed by atoms with van der Waals surface area (Å²) in [6.45, 7) is 1.52. The Hall–Kier alpha value is -0.0951. The molecule has 0 heterocycles. The molecule has 0 aliphatic heterocycles. The average molecular weight is 267 g/mol. The van der Waals surface area contributed by atoms with Gasteiger partial charge in [0.05, 0.1) is 5.02 Å². The molecule has 0 spiro atoms. The van der Waals surface area contributed by atoms with Crippen molar-refractivity contribution in [3.63, 3.8) is 0 Å². The van der Waals surface area contributed by atoms with E-state index in [0.29, 0.717) is 10.0 Å². The summed E-state index contributed by atoms with van der Waals surface area (Å²) in [6.07, 6.45) is 0. The minimum atomic E-state index is -1.90. The summed E-state index contributed by atoms with van der Waals surface area (Å²) in [5.74, 6) is -0.691. The van der Waals surface area contributed by atoms with Crippen LogP contribution >= 0.6 is 27.5 Å². The molecule has 1 aromatic rings. The van der Waals surface area contributed by atoms with Gasteiger partial charge in [0, 0.05) is 9.94 Å². The van der Waals surface area contributed by atoms with Crippen LogP contribution in [0.1, 0.15) is 5.56 Å². The molecule has 0 fully saturated rings. The minimum Gasteiger partial charge on any atom is -0.423 e. The molecule has 6 heteroatoms. The first-order valence-electron chi connectivity index (χ1n) is 3.45. The van der Waals surface area contributed by atoms with Crippen LogP contribution in [0.15, 0.2) is 10.5 Å². The Labute approximate surface area is 88.6 Å². The molecule has 0 aliphatic rings. The molecule has 1 aromatic carbocycles. The van der Waals surface area contributed by atoms with E-state index >= 15 is 0 Å². The second-order valence-corrected chi connectivity index (χ2v) is 3.82. The molecule has 2 N–H and O–H groups in total. The lowest BCUT2D eigenvalue weighted by atomic mass is 9.79. The Balaban J connectivity index is 3.46. The average Bonchev–Trinajstić information content (AvgIpc) is 2.01. The molecule has 0 atom stereocenters. The zero-order valence-corrected chi connectivity index (χ0v) is 9.02. The third kappa shape index (κ3) is 2.04. The number of hydrogen-bond donors (Lipinski definition) is 2. The van der Waals surface area contributed by atoms with E-state index in [1.165, 1.54) is 13.0 Å². The van der Waals surface area contributed by atoms with Crippen LogP contribution in [0.4, 0.5) is 4.39 Å². The maximum Gasteiger partial charge on any atom is 0.493 e. The summed E-state index contributed by atoms with van der Waals surface area (Å²) < 4.78 is 13.7. The summed E-state index contributed by atoms with van der Waals surface area (Å²) >= 11 is 8.74. The van der Waals surface area contributed by atoms with Crippen molar-refractivity contribution >= 4 is 40.1 Å². The van der Waals surface area contributed by atoms with Crippen molar-refractivity contribution in [2.45, 2.75) is 6.92 Å². The van der Waals surface area contributed by atoms with Gasteiger partial charge in [-0.15, -0.1) is 0 Å². The van der Waals surface area contributed by atoms with Crippen molar-refractivity contribution in [2.24, 2.45) is 0 Å². The molecule has 0 saturated carbocycles. The van der Waals surface area contributed by atoms with Crippen molar-refractivity contribution in [1.29, 1.82) is 0 Å². The van der Waals surface area contributed by atoms with Crippen LogP contribution in [0, 0.1) is 12.7 Å². The quantitative estimate of drug-likeness (QED) is 0.593. The molecule has 0 radical (unpaired) electrons. The van der Waals surface area contributed by atoms with E-state index in [-0.39, 0.29) is 10.5 Å². The fourth-order valence-corrected chi connectivity index (χ4v) is 1.77. The van der Waals surface area contributed by atoms with Crippen LogP contribution in [0.25, 0.3) is 0 Å². The van der Waals surface area contributed by atoms with Gasteiger partial charge in [0.25, 0.3) is 0 Å². The van der Waals surface area contributed by atoms with Crippen LogP contribution in [-0.4, -0.2) is 17.2 Å². The van der Waals surface area contributed by atoms with Gasteiger partial charge in [0.15, 0.2) is 0 Å². The lowest BCUT2D eigenvalue weighted by Crippen LogP contribution is -2.34. The first-order valence-corrected chi connectivity index (χ1v) is 4.62.